The summed E-state index contributed by atoms with van der Waals surface area (Å²) < 4.78 is 16.6. The Labute approximate surface area is 57.8 Å². The number of rotatable bonds is 0. The molecule has 2 nitrogen and oxygen atoms in total. The van der Waals surface area contributed by atoms with Crippen LogP contribution in [0, 0.1) is 17.9 Å². The first-order valence-corrected chi connectivity index (χ1v) is 2.77. The van der Waals surface area contributed by atoms with E-state index in [1.807, 2.05) is 0 Å². The van der Waals surface area contributed by atoms with Gasteiger partial charge in [0.25, 0.3) is 6.01 Å². The highest BCUT2D eigenvalue weighted by molar-refractivity contribution is 5.24. The highest BCUT2D eigenvalue weighted by Crippen LogP contribution is 2.02. The zero-order chi connectivity index (χ0) is 7.40. The van der Waals surface area contributed by atoms with Gasteiger partial charge < -0.3 is 10.2 Å². The van der Waals surface area contributed by atoms with E-state index in [1.165, 1.54) is 12.1 Å². The zero-order valence-corrected chi connectivity index (χ0v) is 5.23. The summed E-state index contributed by atoms with van der Waals surface area (Å²) >= 11 is 0. The summed E-state index contributed by atoms with van der Waals surface area (Å²) in [4.78, 5) is 0. The van der Waals surface area contributed by atoms with Gasteiger partial charge in [-0.1, -0.05) is 5.92 Å². The van der Waals surface area contributed by atoms with E-state index in [-0.39, 0.29) is 6.54 Å². The molecule has 2 N–H and O–H groups in total. The van der Waals surface area contributed by atoms with Crippen LogP contribution >= 0.6 is 0 Å². The Morgan fingerprint density at radius 3 is 2.90 bits per heavy atom. The average molecular weight is 139 g/mol. The second kappa shape index (κ2) is 3.04. The van der Waals surface area contributed by atoms with Crippen molar-refractivity contribution < 1.29 is 8.81 Å². The molecule has 0 saturated carbocycles. The van der Waals surface area contributed by atoms with Gasteiger partial charge >= 0.3 is 0 Å². The third-order valence-corrected chi connectivity index (χ3v) is 0.887. The van der Waals surface area contributed by atoms with Gasteiger partial charge in [0.1, 0.15) is 0 Å². The van der Waals surface area contributed by atoms with Gasteiger partial charge in [0.15, 0.2) is 5.76 Å². The molecule has 0 amide bonds. The van der Waals surface area contributed by atoms with Crippen LogP contribution in [-0.4, -0.2) is 6.54 Å². The maximum atomic E-state index is 12.1. The third kappa shape index (κ3) is 1.61. The van der Waals surface area contributed by atoms with Crippen molar-refractivity contribution in [1.82, 2.24) is 0 Å². The highest BCUT2D eigenvalue weighted by atomic mass is 19.1. The van der Waals surface area contributed by atoms with Crippen LogP contribution in [0.25, 0.3) is 0 Å². The lowest BCUT2D eigenvalue weighted by molar-refractivity contribution is 0.354. The second-order valence-electron chi connectivity index (χ2n) is 1.61. The van der Waals surface area contributed by atoms with Crippen molar-refractivity contribution in [2.24, 2.45) is 5.73 Å². The quantitative estimate of drug-likeness (QED) is 0.538. The molecule has 0 bridgehead atoms. The van der Waals surface area contributed by atoms with Gasteiger partial charge in [0.2, 0.25) is 0 Å². The van der Waals surface area contributed by atoms with E-state index in [1.54, 1.807) is 0 Å². The Hall–Kier alpha value is -1.27. The van der Waals surface area contributed by atoms with Gasteiger partial charge in [-0.15, -0.1) is 0 Å². The molecule has 0 aromatic carbocycles. The lowest BCUT2D eigenvalue weighted by atomic mass is 10.4. The molecule has 1 rings (SSSR count). The third-order valence-electron chi connectivity index (χ3n) is 0.887. The van der Waals surface area contributed by atoms with E-state index in [9.17, 15) is 4.39 Å². The summed E-state index contributed by atoms with van der Waals surface area (Å²) in [6, 6.07) is 2.04. The molecule has 0 atom stereocenters. The van der Waals surface area contributed by atoms with Crippen molar-refractivity contribution in [2.75, 3.05) is 6.54 Å². The highest BCUT2D eigenvalue weighted by Gasteiger charge is 1.93. The van der Waals surface area contributed by atoms with Gasteiger partial charge in [0.05, 0.1) is 6.54 Å². The molecule has 3 heteroatoms. The molecule has 0 radical (unpaired) electrons. The number of nitrogens with two attached hydrogens (primary N) is 1. The summed E-state index contributed by atoms with van der Waals surface area (Å²) in [5, 5.41) is 0. The monoisotopic (exact) mass is 139 g/mol. The number of hydrogen-bond donors (Lipinski definition) is 1. The second-order valence-corrected chi connectivity index (χ2v) is 1.61. The van der Waals surface area contributed by atoms with Crippen molar-refractivity contribution in [3.8, 4) is 11.8 Å². The first kappa shape index (κ1) is 6.84. The van der Waals surface area contributed by atoms with E-state index < -0.39 is 6.01 Å². The summed E-state index contributed by atoms with van der Waals surface area (Å²) in [6.07, 6.45) is 0. The maximum Gasteiger partial charge on any atom is 0.278 e. The number of halogens is 1. The molecule has 0 aliphatic heterocycles. The van der Waals surface area contributed by atoms with E-state index in [0.29, 0.717) is 5.76 Å². The topological polar surface area (TPSA) is 39.2 Å². The molecular weight excluding hydrogens is 133 g/mol. The number of furan rings is 1. The van der Waals surface area contributed by atoms with Gasteiger partial charge in [-0.3, -0.25) is 0 Å². The Bertz CT molecular complexity index is 269. The van der Waals surface area contributed by atoms with E-state index in [4.69, 9.17) is 5.73 Å². The fraction of sp³-hybridized carbons (Fsp3) is 0.143. The van der Waals surface area contributed by atoms with Crippen molar-refractivity contribution in [3.63, 3.8) is 0 Å². The predicted octanol–water partition coefficient (Wildman–Crippen LogP) is 0.729. The minimum absolute atomic E-state index is 0.252. The van der Waals surface area contributed by atoms with Crippen molar-refractivity contribution in [3.05, 3.63) is 23.9 Å². The Kier molecular flexibility index (Phi) is 2.08. The molecule has 0 spiro atoms. The fourth-order valence-electron chi connectivity index (χ4n) is 0.520. The van der Waals surface area contributed by atoms with Crippen molar-refractivity contribution in [1.29, 1.82) is 0 Å². The van der Waals surface area contributed by atoms with E-state index in [2.05, 4.69) is 16.3 Å². The largest absolute Gasteiger partial charge is 0.422 e. The van der Waals surface area contributed by atoms with Gasteiger partial charge in [0, 0.05) is 6.07 Å². The van der Waals surface area contributed by atoms with Crippen LogP contribution in [0.4, 0.5) is 4.39 Å². The summed E-state index contributed by atoms with van der Waals surface area (Å²) in [6.45, 7) is 0.252. The summed E-state index contributed by atoms with van der Waals surface area (Å²) in [5.41, 5.74) is 5.07. The molecule has 0 saturated heterocycles. The van der Waals surface area contributed by atoms with Gasteiger partial charge in [-0.2, -0.15) is 4.39 Å². The molecule has 52 valence electrons. The maximum absolute atomic E-state index is 12.1. The Balaban J connectivity index is 2.76. The summed E-state index contributed by atoms with van der Waals surface area (Å²) in [5.74, 6) is 5.39. The smallest absolute Gasteiger partial charge is 0.278 e. The standard InChI is InChI=1S/C7H6FNO/c8-7-4-3-6(10-7)2-1-5-9/h3-4H,5,9H2. The predicted molar refractivity (Wildman–Crippen MR) is 34.6 cm³/mol. The molecule has 1 aromatic heterocycles. The van der Waals surface area contributed by atoms with Crippen LogP contribution in [0.15, 0.2) is 16.5 Å². The molecule has 10 heavy (non-hydrogen) atoms. The van der Waals surface area contributed by atoms with Crippen LogP contribution in [0.5, 0.6) is 0 Å². The first-order chi connectivity index (χ1) is 4.83. The van der Waals surface area contributed by atoms with Crippen LogP contribution in [0.3, 0.4) is 0 Å². The zero-order valence-electron chi connectivity index (χ0n) is 5.23. The lowest BCUT2D eigenvalue weighted by Gasteiger charge is -1.75. The lowest BCUT2D eigenvalue weighted by Crippen LogP contribution is -1.92. The molecule has 0 aliphatic carbocycles. The Morgan fingerprint density at radius 1 is 1.60 bits per heavy atom. The van der Waals surface area contributed by atoms with E-state index >= 15 is 0 Å². The minimum atomic E-state index is -0.624. The molecule has 0 unspecified atom stereocenters. The molecule has 1 heterocycles. The van der Waals surface area contributed by atoms with Gasteiger partial charge in [-0.25, -0.2) is 0 Å². The first-order valence-electron chi connectivity index (χ1n) is 2.77. The SMILES string of the molecule is NCC#Cc1ccc(F)o1. The van der Waals surface area contributed by atoms with Crippen molar-refractivity contribution >= 4 is 0 Å². The molecule has 0 aliphatic rings. The van der Waals surface area contributed by atoms with Crippen LogP contribution in [0.2, 0.25) is 0 Å². The Morgan fingerprint density at radius 2 is 2.40 bits per heavy atom. The van der Waals surface area contributed by atoms with Gasteiger partial charge in [-0.05, 0) is 12.0 Å². The van der Waals surface area contributed by atoms with Crippen molar-refractivity contribution in [2.45, 2.75) is 0 Å². The number of hydrogen-bond acceptors (Lipinski definition) is 2. The van der Waals surface area contributed by atoms with E-state index in [0.717, 1.165) is 0 Å². The molecule has 0 fully saturated rings. The minimum Gasteiger partial charge on any atom is -0.422 e. The molecular formula is C7H6FNO. The summed E-state index contributed by atoms with van der Waals surface area (Å²) in [7, 11) is 0. The van der Waals surface area contributed by atoms with Crippen LogP contribution in [0.1, 0.15) is 5.76 Å². The normalized spacial score (nSPS) is 8.60. The molecule has 1 aromatic rings. The van der Waals surface area contributed by atoms with Crippen LogP contribution in [-0.2, 0) is 0 Å². The fourth-order valence-corrected chi connectivity index (χ4v) is 0.520. The average Bonchev–Trinajstić information content (AvgIpc) is 2.31. The van der Waals surface area contributed by atoms with Crippen LogP contribution < -0.4 is 5.73 Å².